The molecule has 3 unspecified atom stereocenters. The van der Waals surface area contributed by atoms with Gasteiger partial charge in [0.05, 0.1) is 6.10 Å². The van der Waals surface area contributed by atoms with Crippen LogP contribution < -0.4 is 5.32 Å². The van der Waals surface area contributed by atoms with E-state index in [4.69, 9.17) is 4.74 Å². The minimum absolute atomic E-state index is 0.571. The highest BCUT2D eigenvalue weighted by molar-refractivity contribution is 4.79. The molecule has 0 aromatic rings. The van der Waals surface area contributed by atoms with Gasteiger partial charge in [0.1, 0.15) is 0 Å². The molecule has 2 aliphatic rings. The maximum atomic E-state index is 5.69. The largest absolute Gasteiger partial charge is 0.378 e. The number of rotatable bonds is 6. The molecule has 2 fully saturated rings. The Kier molecular flexibility index (Phi) is 5.93. The van der Waals surface area contributed by atoms with E-state index in [-0.39, 0.29) is 0 Å². The van der Waals surface area contributed by atoms with Gasteiger partial charge in [-0.25, -0.2) is 0 Å². The van der Waals surface area contributed by atoms with E-state index in [1.807, 2.05) is 0 Å². The van der Waals surface area contributed by atoms with Crippen molar-refractivity contribution in [2.45, 2.75) is 57.6 Å². The van der Waals surface area contributed by atoms with Crippen molar-refractivity contribution in [1.82, 2.24) is 10.2 Å². The van der Waals surface area contributed by atoms with Crippen molar-refractivity contribution in [3.63, 3.8) is 0 Å². The summed E-state index contributed by atoms with van der Waals surface area (Å²) < 4.78 is 5.69. The molecule has 1 N–H and O–H groups in total. The minimum Gasteiger partial charge on any atom is -0.378 e. The molecule has 0 radical (unpaired) electrons. The average Bonchev–Trinajstić information content (AvgIpc) is 2.91. The molecule has 3 nitrogen and oxygen atoms in total. The van der Waals surface area contributed by atoms with Crippen molar-refractivity contribution >= 4 is 0 Å². The van der Waals surface area contributed by atoms with E-state index < -0.39 is 0 Å². The number of nitrogens with zero attached hydrogens (tertiary/aromatic N) is 1. The van der Waals surface area contributed by atoms with Crippen LogP contribution in [0.2, 0.25) is 0 Å². The fraction of sp³-hybridized carbons (Fsp3) is 1.00. The molecule has 0 spiro atoms. The number of likely N-dealkylation sites (tertiary alicyclic amines) is 1. The Morgan fingerprint density at radius 3 is 2.94 bits per heavy atom. The highest BCUT2D eigenvalue weighted by Crippen LogP contribution is 2.21. The van der Waals surface area contributed by atoms with Gasteiger partial charge in [-0.3, -0.25) is 0 Å². The molecule has 2 heterocycles. The third kappa shape index (κ3) is 4.22. The molecular formula is C15H30N2O. The summed E-state index contributed by atoms with van der Waals surface area (Å²) in [6.45, 7) is 7.18. The van der Waals surface area contributed by atoms with Crippen LogP contribution in [0.3, 0.4) is 0 Å². The lowest BCUT2D eigenvalue weighted by atomic mass is 9.91. The van der Waals surface area contributed by atoms with E-state index in [1.54, 1.807) is 0 Å². The van der Waals surface area contributed by atoms with Gasteiger partial charge in [0.2, 0.25) is 0 Å². The Labute approximate surface area is 112 Å². The van der Waals surface area contributed by atoms with E-state index in [0.717, 1.165) is 12.5 Å². The van der Waals surface area contributed by atoms with Crippen molar-refractivity contribution in [3.8, 4) is 0 Å². The summed E-state index contributed by atoms with van der Waals surface area (Å²) in [5, 5.41) is 3.41. The van der Waals surface area contributed by atoms with Gasteiger partial charge < -0.3 is 15.0 Å². The van der Waals surface area contributed by atoms with Gasteiger partial charge in [0.15, 0.2) is 0 Å². The van der Waals surface area contributed by atoms with E-state index in [2.05, 4.69) is 24.2 Å². The summed E-state index contributed by atoms with van der Waals surface area (Å²) in [6.07, 6.45) is 8.48. The first-order valence-corrected chi connectivity index (χ1v) is 7.81. The summed E-state index contributed by atoms with van der Waals surface area (Å²) in [5.41, 5.74) is 0. The first kappa shape index (κ1) is 14.3. The number of hydrogen-bond acceptors (Lipinski definition) is 3. The zero-order chi connectivity index (χ0) is 12.8. The Morgan fingerprint density at radius 2 is 2.22 bits per heavy atom. The van der Waals surface area contributed by atoms with Crippen LogP contribution in [0.4, 0.5) is 0 Å². The molecule has 0 amide bonds. The number of nitrogens with one attached hydrogen (secondary N) is 1. The topological polar surface area (TPSA) is 24.5 Å². The van der Waals surface area contributed by atoms with Crippen LogP contribution in [0.1, 0.15) is 45.4 Å². The smallest absolute Gasteiger partial charge is 0.0576 e. The normalized spacial score (nSPS) is 31.7. The second kappa shape index (κ2) is 7.46. The number of hydrogen-bond donors (Lipinski definition) is 1. The predicted molar refractivity (Wildman–Crippen MR) is 75.9 cm³/mol. The molecule has 18 heavy (non-hydrogen) atoms. The van der Waals surface area contributed by atoms with Crippen LogP contribution in [0.15, 0.2) is 0 Å². The molecule has 2 saturated heterocycles. The summed E-state index contributed by atoms with van der Waals surface area (Å²) in [4.78, 5) is 2.66. The third-order valence-corrected chi connectivity index (χ3v) is 4.73. The molecule has 106 valence electrons. The van der Waals surface area contributed by atoms with E-state index in [0.29, 0.717) is 12.1 Å². The van der Waals surface area contributed by atoms with Gasteiger partial charge in [-0.05, 0) is 71.5 Å². The van der Waals surface area contributed by atoms with E-state index in [1.165, 1.54) is 58.2 Å². The summed E-state index contributed by atoms with van der Waals surface area (Å²) in [5.74, 6) is 0.839. The third-order valence-electron chi connectivity index (χ3n) is 4.73. The Bertz CT molecular complexity index is 229. The number of ether oxygens (including phenoxy) is 1. The number of piperidine rings is 1. The summed E-state index contributed by atoms with van der Waals surface area (Å²) in [6, 6.07) is 0.658. The van der Waals surface area contributed by atoms with Crippen LogP contribution in [-0.4, -0.2) is 50.3 Å². The summed E-state index contributed by atoms with van der Waals surface area (Å²) >= 11 is 0. The Balaban J connectivity index is 1.62. The van der Waals surface area contributed by atoms with Gasteiger partial charge in [0, 0.05) is 19.2 Å². The van der Waals surface area contributed by atoms with Crippen LogP contribution in [0, 0.1) is 5.92 Å². The van der Waals surface area contributed by atoms with Crippen molar-refractivity contribution in [2.75, 3.05) is 33.3 Å². The fourth-order valence-corrected chi connectivity index (χ4v) is 3.35. The molecule has 3 heteroatoms. The first-order chi connectivity index (χ1) is 8.79. The monoisotopic (exact) mass is 254 g/mol. The molecule has 0 aromatic heterocycles. The van der Waals surface area contributed by atoms with Crippen LogP contribution in [0.25, 0.3) is 0 Å². The van der Waals surface area contributed by atoms with Gasteiger partial charge in [-0.1, -0.05) is 0 Å². The maximum Gasteiger partial charge on any atom is 0.0576 e. The first-order valence-electron chi connectivity index (χ1n) is 7.81. The standard InChI is InChI=1S/C15H30N2O/c1-13(16-2)14-6-3-9-17(12-14)10-4-7-15-8-5-11-18-15/h13-16H,3-12H2,1-2H3. The zero-order valence-electron chi connectivity index (χ0n) is 12.2. The molecule has 0 aromatic carbocycles. The highest BCUT2D eigenvalue weighted by Gasteiger charge is 2.23. The molecule has 0 saturated carbocycles. The van der Waals surface area contributed by atoms with Crippen LogP contribution >= 0.6 is 0 Å². The van der Waals surface area contributed by atoms with Crippen LogP contribution in [0.5, 0.6) is 0 Å². The molecule has 0 bridgehead atoms. The second-order valence-corrected chi connectivity index (χ2v) is 6.06. The molecule has 2 rings (SSSR count). The van der Waals surface area contributed by atoms with Gasteiger partial charge in [0.25, 0.3) is 0 Å². The SMILES string of the molecule is CNC(C)C1CCCN(CCCC2CCCO2)C1. The lowest BCUT2D eigenvalue weighted by molar-refractivity contribution is 0.0936. The maximum absolute atomic E-state index is 5.69. The minimum atomic E-state index is 0.571. The van der Waals surface area contributed by atoms with Crippen molar-refractivity contribution in [1.29, 1.82) is 0 Å². The summed E-state index contributed by atoms with van der Waals surface area (Å²) in [7, 11) is 2.08. The van der Waals surface area contributed by atoms with Gasteiger partial charge >= 0.3 is 0 Å². The van der Waals surface area contributed by atoms with Gasteiger partial charge in [-0.2, -0.15) is 0 Å². The lowest BCUT2D eigenvalue weighted by Gasteiger charge is -2.35. The zero-order valence-corrected chi connectivity index (χ0v) is 12.2. The second-order valence-electron chi connectivity index (χ2n) is 6.06. The average molecular weight is 254 g/mol. The molecule has 0 aliphatic carbocycles. The molecule has 2 aliphatic heterocycles. The quantitative estimate of drug-likeness (QED) is 0.787. The predicted octanol–water partition coefficient (Wildman–Crippen LogP) is 2.27. The van der Waals surface area contributed by atoms with E-state index in [9.17, 15) is 0 Å². The van der Waals surface area contributed by atoms with E-state index >= 15 is 0 Å². The van der Waals surface area contributed by atoms with Crippen molar-refractivity contribution in [3.05, 3.63) is 0 Å². The Morgan fingerprint density at radius 1 is 1.33 bits per heavy atom. The fourth-order valence-electron chi connectivity index (χ4n) is 3.35. The van der Waals surface area contributed by atoms with Gasteiger partial charge in [-0.15, -0.1) is 0 Å². The van der Waals surface area contributed by atoms with Crippen molar-refractivity contribution < 1.29 is 4.74 Å². The Hall–Kier alpha value is -0.120. The van der Waals surface area contributed by atoms with Crippen molar-refractivity contribution in [2.24, 2.45) is 5.92 Å². The molecule has 3 atom stereocenters. The van der Waals surface area contributed by atoms with Crippen LogP contribution in [-0.2, 0) is 4.74 Å². The highest BCUT2D eigenvalue weighted by atomic mass is 16.5. The molecular weight excluding hydrogens is 224 g/mol. The lowest BCUT2D eigenvalue weighted by Crippen LogP contribution is -2.43.